The number of nitrogens with zero attached hydrogens (tertiary/aromatic N) is 1. The summed E-state index contributed by atoms with van der Waals surface area (Å²) in [6.07, 6.45) is 0. The van der Waals surface area contributed by atoms with E-state index in [4.69, 9.17) is 0 Å². The van der Waals surface area contributed by atoms with E-state index in [2.05, 4.69) is 64.7 Å². The maximum atomic E-state index is 3.66. The molecule has 0 saturated heterocycles. The Hall–Kier alpha value is -0.380. The second-order valence-electron chi connectivity index (χ2n) is 5.97. The van der Waals surface area contributed by atoms with Crippen molar-refractivity contribution in [3.63, 3.8) is 0 Å². The molecule has 0 aliphatic carbocycles. The van der Waals surface area contributed by atoms with Crippen molar-refractivity contribution < 1.29 is 0 Å². The first kappa shape index (κ1) is 16.7. The van der Waals surface area contributed by atoms with Crippen molar-refractivity contribution in [3.8, 4) is 0 Å². The lowest BCUT2D eigenvalue weighted by molar-refractivity contribution is 0.174. The molecule has 3 heteroatoms. The van der Waals surface area contributed by atoms with Crippen molar-refractivity contribution in [1.29, 1.82) is 0 Å². The Morgan fingerprint density at radius 2 is 1.68 bits per heavy atom. The molecule has 110 valence electrons. The van der Waals surface area contributed by atoms with Crippen LogP contribution in [0.4, 0.5) is 0 Å². The van der Waals surface area contributed by atoms with Crippen molar-refractivity contribution in [3.05, 3.63) is 21.4 Å². The van der Waals surface area contributed by atoms with Crippen LogP contribution in [0.2, 0.25) is 0 Å². The molecule has 1 aromatic heterocycles. The van der Waals surface area contributed by atoms with Gasteiger partial charge in [0, 0.05) is 41.0 Å². The fourth-order valence-corrected chi connectivity index (χ4v) is 3.74. The molecule has 1 heterocycles. The van der Waals surface area contributed by atoms with Crippen LogP contribution in [-0.2, 0) is 0 Å². The van der Waals surface area contributed by atoms with Crippen molar-refractivity contribution in [2.75, 3.05) is 13.1 Å². The van der Waals surface area contributed by atoms with Gasteiger partial charge >= 0.3 is 0 Å². The Morgan fingerprint density at radius 1 is 1.11 bits per heavy atom. The van der Waals surface area contributed by atoms with Gasteiger partial charge in [0.05, 0.1) is 0 Å². The van der Waals surface area contributed by atoms with Gasteiger partial charge in [0.1, 0.15) is 0 Å². The first-order chi connectivity index (χ1) is 8.82. The lowest BCUT2D eigenvalue weighted by Gasteiger charge is -2.31. The van der Waals surface area contributed by atoms with Gasteiger partial charge in [-0.05, 0) is 60.1 Å². The lowest BCUT2D eigenvalue weighted by atomic mass is 10.1. The van der Waals surface area contributed by atoms with Crippen molar-refractivity contribution in [2.24, 2.45) is 0 Å². The van der Waals surface area contributed by atoms with Gasteiger partial charge in [-0.1, -0.05) is 0 Å². The van der Waals surface area contributed by atoms with Crippen LogP contribution >= 0.6 is 11.3 Å². The zero-order chi connectivity index (χ0) is 14.6. The summed E-state index contributed by atoms with van der Waals surface area (Å²) in [4.78, 5) is 5.39. The third kappa shape index (κ3) is 4.90. The first-order valence-corrected chi connectivity index (χ1v) is 8.20. The molecule has 1 rings (SSSR count). The molecule has 0 radical (unpaired) electrons. The van der Waals surface area contributed by atoms with E-state index in [1.54, 1.807) is 0 Å². The van der Waals surface area contributed by atoms with Crippen molar-refractivity contribution in [1.82, 2.24) is 10.2 Å². The molecular weight excluding hydrogens is 252 g/mol. The molecule has 0 aromatic carbocycles. The number of nitrogens with one attached hydrogen (secondary N) is 1. The van der Waals surface area contributed by atoms with Gasteiger partial charge in [0.2, 0.25) is 0 Å². The number of hydrogen-bond donors (Lipinski definition) is 1. The fraction of sp³-hybridized carbons (Fsp3) is 0.750. The molecule has 1 aromatic rings. The summed E-state index contributed by atoms with van der Waals surface area (Å²) in [5, 5.41) is 3.66. The first-order valence-electron chi connectivity index (χ1n) is 7.39. The minimum atomic E-state index is 0.450. The quantitative estimate of drug-likeness (QED) is 0.809. The Bertz CT molecular complexity index is 374. The van der Waals surface area contributed by atoms with E-state index in [1.165, 1.54) is 15.3 Å². The van der Waals surface area contributed by atoms with Gasteiger partial charge in [0.15, 0.2) is 0 Å². The van der Waals surface area contributed by atoms with Crippen LogP contribution in [0.1, 0.15) is 56.0 Å². The SMILES string of the molecule is Cc1cc(C(C)NCCN(C(C)C)C(C)C)c(C)s1. The Balaban J connectivity index is 2.46. The average molecular weight is 282 g/mol. The maximum absolute atomic E-state index is 3.66. The molecule has 0 bridgehead atoms. The Labute approximate surface area is 123 Å². The van der Waals surface area contributed by atoms with E-state index in [0.717, 1.165) is 13.1 Å². The van der Waals surface area contributed by atoms with Gasteiger partial charge < -0.3 is 5.32 Å². The fourth-order valence-electron chi connectivity index (χ4n) is 2.71. The molecule has 0 amide bonds. The second-order valence-corrected chi connectivity index (χ2v) is 7.43. The second kappa shape index (κ2) is 7.41. The highest BCUT2D eigenvalue weighted by molar-refractivity contribution is 7.12. The molecule has 19 heavy (non-hydrogen) atoms. The van der Waals surface area contributed by atoms with E-state index in [0.29, 0.717) is 18.1 Å². The summed E-state index contributed by atoms with van der Waals surface area (Å²) >= 11 is 1.90. The zero-order valence-corrected chi connectivity index (χ0v) is 14.4. The van der Waals surface area contributed by atoms with E-state index in [1.807, 2.05) is 11.3 Å². The molecule has 0 saturated carbocycles. The van der Waals surface area contributed by atoms with Crippen molar-refractivity contribution in [2.45, 2.75) is 66.6 Å². The summed E-state index contributed by atoms with van der Waals surface area (Å²) in [5.74, 6) is 0. The molecule has 0 spiro atoms. The molecule has 0 aliphatic heterocycles. The van der Waals surface area contributed by atoms with Crippen LogP contribution in [-0.4, -0.2) is 30.1 Å². The number of aryl methyl sites for hydroxylation is 2. The third-order valence-corrected chi connectivity index (χ3v) is 4.67. The monoisotopic (exact) mass is 282 g/mol. The van der Waals surface area contributed by atoms with Crippen LogP contribution in [0, 0.1) is 13.8 Å². The Kier molecular flexibility index (Phi) is 6.51. The van der Waals surface area contributed by atoms with Gasteiger partial charge in [-0.15, -0.1) is 11.3 Å². The van der Waals surface area contributed by atoms with E-state index in [-0.39, 0.29) is 0 Å². The van der Waals surface area contributed by atoms with E-state index < -0.39 is 0 Å². The van der Waals surface area contributed by atoms with Crippen LogP contribution in [0.3, 0.4) is 0 Å². The summed E-state index contributed by atoms with van der Waals surface area (Å²) in [7, 11) is 0. The van der Waals surface area contributed by atoms with Crippen LogP contribution in [0.25, 0.3) is 0 Å². The Morgan fingerprint density at radius 3 is 2.11 bits per heavy atom. The molecule has 0 fully saturated rings. The van der Waals surface area contributed by atoms with Gasteiger partial charge in [-0.2, -0.15) is 0 Å². The summed E-state index contributed by atoms with van der Waals surface area (Å²) in [6.45, 7) is 17.9. The lowest BCUT2D eigenvalue weighted by Crippen LogP contribution is -2.41. The van der Waals surface area contributed by atoms with E-state index >= 15 is 0 Å². The highest BCUT2D eigenvalue weighted by Gasteiger charge is 2.14. The molecule has 1 atom stereocenters. The minimum Gasteiger partial charge on any atom is -0.309 e. The molecule has 1 N–H and O–H groups in total. The summed E-state index contributed by atoms with van der Waals surface area (Å²) in [5.41, 5.74) is 1.46. The average Bonchev–Trinajstić information content (AvgIpc) is 2.62. The minimum absolute atomic E-state index is 0.450. The highest BCUT2D eigenvalue weighted by Crippen LogP contribution is 2.25. The van der Waals surface area contributed by atoms with Crippen molar-refractivity contribution >= 4 is 11.3 Å². The number of hydrogen-bond acceptors (Lipinski definition) is 3. The number of rotatable bonds is 7. The smallest absolute Gasteiger partial charge is 0.0303 e. The third-order valence-electron chi connectivity index (χ3n) is 3.69. The van der Waals surface area contributed by atoms with E-state index in [9.17, 15) is 0 Å². The normalized spacial score (nSPS) is 13.8. The molecule has 2 nitrogen and oxygen atoms in total. The summed E-state index contributed by atoms with van der Waals surface area (Å²) in [6, 6.07) is 4.00. The summed E-state index contributed by atoms with van der Waals surface area (Å²) < 4.78 is 0. The molecule has 1 unspecified atom stereocenters. The predicted molar refractivity (Wildman–Crippen MR) is 87.2 cm³/mol. The van der Waals surface area contributed by atoms with Crippen LogP contribution in [0.15, 0.2) is 6.07 Å². The molecular formula is C16H30N2S. The zero-order valence-electron chi connectivity index (χ0n) is 13.6. The largest absolute Gasteiger partial charge is 0.309 e. The molecule has 0 aliphatic rings. The highest BCUT2D eigenvalue weighted by atomic mass is 32.1. The van der Waals surface area contributed by atoms with Crippen LogP contribution < -0.4 is 5.32 Å². The topological polar surface area (TPSA) is 15.3 Å². The van der Waals surface area contributed by atoms with Gasteiger partial charge in [0.25, 0.3) is 0 Å². The standard InChI is InChI=1S/C16H30N2S/c1-11(2)18(12(3)4)9-8-17-14(6)16-10-13(5)19-15(16)7/h10-12,14,17H,8-9H2,1-7H3. The number of thiophene rings is 1. The van der Waals surface area contributed by atoms with Crippen LogP contribution in [0.5, 0.6) is 0 Å². The van der Waals surface area contributed by atoms with Gasteiger partial charge in [-0.3, -0.25) is 4.90 Å². The predicted octanol–water partition coefficient (Wildman–Crippen LogP) is 4.13. The van der Waals surface area contributed by atoms with Gasteiger partial charge in [-0.25, -0.2) is 0 Å². The maximum Gasteiger partial charge on any atom is 0.0303 e.